The molecule has 0 fully saturated rings. The van der Waals surface area contributed by atoms with E-state index in [1.165, 1.54) is 28.6 Å². The number of carbonyl (C=O) groups excluding carboxylic acids is 3. The van der Waals surface area contributed by atoms with E-state index in [1.807, 2.05) is 17.4 Å². The molecule has 0 aromatic heterocycles. The van der Waals surface area contributed by atoms with E-state index >= 15 is 0 Å². The van der Waals surface area contributed by atoms with Crippen LogP contribution in [0.15, 0.2) is 53.4 Å². The molecule has 0 unspecified atom stereocenters. The molecule has 0 radical (unpaired) electrons. The van der Waals surface area contributed by atoms with E-state index in [-0.39, 0.29) is 10.5 Å². The fourth-order valence-corrected chi connectivity index (χ4v) is 4.60. The number of benzene rings is 2. The summed E-state index contributed by atoms with van der Waals surface area (Å²) in [6.45, 7) is 1.66. The number of esters is 1. The predicted molar refractivity (Wildman–Crippen MR) is 109 cm³/mol. The Balaban J connectivity index is 1.71. The molecule has 2 N–H and O–H groups in total. The largest absolute Gasteiger partial charge is 0.452 e. The molecule has 3 rings (SSSR count). The van der Waals surface area contributed by atoms with E-state index in [0.717, 1.165) is 5.56 Å². The Bertz CT molecular complexity index is 1080. The Kier molecular flexibility index (Phi) is 6.36. The van der Waals surface area contributed by atoms with Crippen molar-refractivity contribution in [3.8, 4) is 0 Å². The van der Waals surface area contributed by atoms with Crippen LogP contribution in [0.1, 0.15) is 22.8 Å². The number of ether oxygens (including phenoxy) is 1. The summed E-state index contributed by atoms with van der Waals surface area (Å²) >= 11 is 0. The van der Waals surface area contributed by atoms with Gasteiger partial charge >= 0.3 is 12.0 Å². The van der Waals surface area contributed by atoms with Gasteiger partial charge in [-0.05, 0) is 43.2 Å². The molecule has 9 nitrogen and oxygen atoms in total. The van der Waals surface area contributed by atoms with E-state index in [9.17, 15) is 22.8 Å². The molecular formula is C20H21N3O6S. The summed E-state index contributed by atoms with van der Waals surface area (Å²) in [4.78, 5) is 35.1. The summed E-state index contributed by atoms with van der Waals surface area (Å²) in [7, 11) is -3.87. The molecule has 2 aromatic carbocycles. The minimum Gasteiger partial charge on any atom is -0.452 e. The minimum absolute atomic E-state index is 0.0191. The van der Waals surface area contributed by atoms with Crippen LogP contribution in [0.25, 0.3) is 0 Å². The number of hydrogen-bond donors (Lipinski definition) is 2. The van der Waals surface area contributed by atoms with Crippen molar-refractivity contribution in [2.45, 2.75) is 18.2 Å². The first-order valence-corrected chi connectivity index (χ1v) is 10.7. The lowest BCUT2D eigenvalue weighted by molar-refractivity contribution is -0.123. The molecule has 1 aliphatic heterocycles. The Morgan fingerprint density at radius 2 is 1.87 bits per heavy atom. The smallest absolute Gasteiger partial charge is 0.338 e. The normalized spacial score (nSPS) is 12.8. The lowest BCUT2D eigenvalue weighted by Crippen LogP contribution is -2.41. The summed E-state index contributed by atoms with van der Waals surface area (Å²) in [5.41, 5.74) is 1.54. The maximum atomic E-state index is 13.1. The number of rotatable bonds is 6. The second kappa shape index (κ2) is 8.95. The molecule has 0 saturated carbocycles. The Morgan fingerprint density at radius 1 is 1.10 bits per heavy atom. The number of urea groups is 1. The predicted octanol–water partition coefficient (Wildman–Crippen LogP) is 1.44. The third-order valence-electron chi connectivity index (χ3n) is 4.43. The molecular weight excluding hydrogens is 410 g/mol. The summed E-state index contributed by atoms with van der Waals surface area (Å²) in [5, 5.41) is 4.37. The van der Waals surface area contributed by atoms with Crippen molar-refractivity contribution < 1.29 is 27.5 Å². The van der Waals surface area contributed by atoms with Crippen molar-refractivity contribution in [2.24, 2.45) is 0 Å². The molecule has 0 spiro atoms. The topological polar surface area (TPSA) is 122 Å². The number of carbonyl (C=O) groups is 3. The molecule has 30 heavy (non-hydrogen) atoms. The van der Waals surface area contributed by atoms with Crippen LogP contribution < -0.4 is 14.9 Å². The number of hydrogen-bond acceptors (Lipinski definition) is 6. The second-order valence-electron chi connectivity index (χ2n) is 6.47. The number of imide groups is 1. The fraction of sp³-hybridized carbons (Fsp3) is 0.250. The third kappa shape index (κ3) is 4.60. The summed E-state index contributed by atoms with van der Waals surface area (Å²) in [6, 6.07) is 12.0. The van der Waals surface area contributed by atoms with Gasteiger partial charge in [0.25, 0.3) is 15.9 Å². The molecule has 0 bridgehead atoms. The van der Waals surface area contributed by atoms with Gasteiger partial charge in [0.1, 0.15) is 0 Å². The summed E-state index contributed by atoms with van der Waals surface area (Å²) in [5.74, 6) is -1.67. The number of anilines is 1. The molecule has 1 aliphatic rings. The second-order valence-corrected chi connectivity index (χ2v) is 8.33. The zero-order valence-electron chi connectivity index (χ0n) is 16.3. The third-order valence-corrected chi connectivity index (χ3v) is 6.24. The summed E-state index contributed by atoms with van der Waals surface area (Å²) in [6.07, 6.45) is 0.609. The Hall–Kier alpha value is -3.40. The summed E-state index contributed by atoms with van der Waals surface area (Å²) < 4.78 is 32.4. The molecule has 1 heterocycles. The van der Waals surface area contributed by atoms with Crippen LogP contribution in [0.3, 0.4) is 0 Å². The van der Waals surface area contributed by atoms with Crippen molar-refractivity contribution in [3.05, 3.63) is 59.7 Å². The number of sulfonamides is 1. The Labute approximate surface area is 174 Å². The fourth-order valence-electron chi connectivity index (χ4n) is 3.05. The van der Waals surface area contributed by atoms with Crippen LogP contribution in [0.2, 0.25) is 0 Å². The number of amides is 3. The van der Waals surface area contributed by atoms with Gasteiger partial charge in [0.2, 0.25) is 0 Å². The zero-order valence-corrected chi connectivity index (χ0v) is 17.1. The first kappa shape index (κ1) is 21.3. The first-order chi connectivity index (χ1) is 14.3. The van der Waals surface area contributed by atoms with E-state index in [0.29, 0.717) is 25.2 Å². The van der Waals surface area contributed by atoms with Crippen LogP contribution in [0.4, 0.5) is 10.5 Å². The highest BCUT2D eigenvalue weighted by molar-refractivity contribution is 7.92. The number of fused-ring (bicyclic) bond motifs is 1. The van der Waals surface area contributed by atoms with E-state index in [4.69, 9.17) is 4.74 Å². The minimum atomic E-state index is -3.87. The molecule has 0 aliphatic carbocycles. The first-order valence-electron chi connectivity index (χ1n) is 9.28. The van der Waals surface area contributed by atoms with Crippen LogP contribution in [0.5, 0.6) is 0 Å². The van der Waals surface area contributed by atoms with Crippen molar-refractivity contribution >= 4 is 33.6 Å². The molecule has 0 saturated heterocycles. The number of nitrogens with zero attached hydrogens (tertiary/aromatic N) is 1. The van der Waals surface area contributed by atoms with Gasteiger partial charge < -0.3 is 10.1 Å². The van der Waals surface area contributed by atoms with Crippen LogP contribution in [0, 0.1) is 0 Å². The molecule has 2 aromatic rings. The van der Waals surface area contributed by atoms with Crippen molar-refractivity contribution in [1.82, 2.24) is 10.6 Å². The van der Waals surface area contributed by atoms with Gasteiger partial charge in [0.05, 0.1) is 16.1 Å². The van der Waals surface area contributed by atoms with Gasteiger partial charge in [-0.1, -0.05) is 24.3 Å². The van der Waals surface area contributed by atoms with Crippen molar-refractivity contribution in [2.75, 3.05) is 24.0 Å². The monoisotopic (exact) mass is 431 g/mol. The van der Waals surface area contributed by atoms with Gasteiger partial charge in [-0.25, -0.2) is 18.0 Å². The lowest BCUT2D eigenvalue weighted by Gasteiger charge is -2.19. The zero-order chi connectivity index (χ0) is 21.7. The highest BCUT2D eigenvalue weighted by Crippen LogP contribution is 2.32. The van der Waals surface area contributed by atoms with E-state index < -0.39 is 34.5 Å². The average molecular weight is 431 g/mol. The standard InChI is InChI=1S/C20H21N3O6S/c1-2-21-20(26)22-18(24)13-29-19(25)15-7-5-8-16(12-15)30(27,28)23-11-10-14-6-3-4-9-17(14)23/h3-9,12H,2,10-11,13H2,1H3,(H2,21,22,24,26). The van der Waals surface area contributed by atoms with Crippen molar-refractivity contribution in [1.29, 1.82) is 0 Å². The van der Waals surface area contributed by atoms with Gasteiger partial charge in [-0.15, -0.1) is 0 Å². The van der Waals surface area contributed by atoms with Crippen LogP contribution in [-0.2, 0) is 26.0 Å². The molecule has 0 atom stereocenters. The van der Waals surface area contributed by atoms with Gasteiger partial charge in [0, 0.05) is 13.1 Å². The van der Waals surface area contributed by atoms with Crippen LogP contribution >= 0.6 is 0 Å². The van der Waals surface area contributed by atoms with Gasteiger partial charge in [-0.3, -0.25) is 14.4 Å². The van der Waals surface area contributed by atoms with Crippen LogP contribution in [-0.4, -0.2) is 46.0 Å². The lowest BCUT2D eigenvalue weighted by atomic mass is 10.2. The molecule has 158 valence electrons. The molecule has 3 amide bonds. The highest BCUT2D eigenvalue weighted by atomic mass is 32.2. The van der Waals surface area contributed by atoms with E-state index in [2.05, 4.69) is 5.32 Å². The Morgan fingerprint density at radius 3 is 2.63 bits per heavy atom. The van der Waals surface area contributed by atoms with E-state index in [1.54, 1.807) is 19.1 Å². The maximum Gasteiger partial charge on any atom is 0.338 e. The number of para-hydroxylation sites is 1. The van der Waals surface area contributed by atoms with Crippen molar-refractivity contribution in [3.63, 3.8) is 0 Å². The maximum absolute atomic E-state index is 13.1. The number of nitrogens with one attached hydrogen (secondary N) is 2. The highest BCUT2D eigenvalue weighted by Gasteiger charge is 2.31. The molecule has 10 heteroatoms. The SMILES string of the molecule is CCNC(=O)NC(=O)COC(=O)c1cccc(S(=O)(=O)N2CCc3ccccc32)c1. The average Bonchev–Trinajstić information content (AvgIpc) is 3.17. The van der Waals surface area contributed by atoms with Gasteiger partial charge in [-0.2, -0.15) is 0 Å². The quantitative estimate of drug-likeness (QED) is 0.668. The van der Waals surface area contributed by atoms with Gasteiger partial charge in [0.15, 0.2) is 6.61 Å².